The van der Waals surface area contributed by atoms with Crippen LogP contribution in [0.1, 0.15) is 49.3 Å². The number of nitrogens with one attached hydrogen (secondary N) is 1. The molecule has 3 aromatic rings. The van der Waals surface area contributed by atoms with Crippen LogP contribution in [0.3, 0.4) is 0 Å². The number of carboxylic acids is 1. The number of para-hydroxylation sites is 1. The second kappa shape index (κ2) is 10.3. The number of aliphatic hydroxyl groups is 1. The van der Waals surface area contributed by atoms with E-state index >= 15 is 0 Å². The Bertz CT molecular complexity index is 1070. The number of carboxylic acid groups (broad SMARTS) is 1. The topological polar surface area (TPSA) is 114 Å². The van der Waals surface area contributed by atoms with E-state index < -0.39 is 24.0 Å². The summed E-state index contributed by atoms with van der Waals surface area (Å²) in [6.45, 7) is 5.73. The molecule has 0 unspecified atom stereocenters. The van der Waals surface area contributed by atoms with Crippen molar-refractivity contribution in [1.29, 1.82) is 0 Å². The van der Waals surface area contributed by atoms with Crippen LogP contribution in [0.4, 0.5) is 0 Å². The van der Waals surface area contributed by atoms with Crippen LogP contribution in [0.5, 0.6) is 5.88 Å². The summed E-state index contributed by atoms with van der Waals surface area (Å²) in [5, 5.41) is 26.8. The van der Waals surface area contributed by atoms with Crippen molar-refractivity contribution in [2.45, 2.75) is 39.3 Å². The molecule has 0 spiro atoms. The summed E-state index contributed by atoms with van der Waals surface area (Å²) in [6, 6.07) is 18.9. The van der Waals surface area contributed by atoms with Gasteiger partial charge in [-0.25, -0.2) is 4.68 Å². The molecule has 8 nitrogen and oxygen atoms in total. The highest BCUT2D eigenvalue weighted by atomic mass is 16.5. The van der Waals surface area contributed by atoms with E-state index in [9.17, 15) is 19.8 Å². The second-order valence-corrected chi connectivity index (χ2v) is 8.84. The zero-order valence-corrected chi connectivity index (χ0v) is 18.9. The number of amides is 1. The summed E-state index contributed by atoms with van der Waals surface area (Å²) in [4.78, 5) is 24.4. The third-order valence-corrected chi connectivity index (χ3v) is 5.18. The van der Waals surface area contributed by atoms with E-state index in [4.69, 9.17) is 4.74 Å². The number of benzene rings is 2. The number of hydrogen-bond acceptors (Lipinski definition) is 5. The van der Waals surface area contributed by atoms with Crippen molar-refractivity contribution in [3.63, 3.8) is 0 Å². The molecule has 1 amide bonds. The third-order valence-electron chi connectivity index (χ3n) is 5.18. The Labute approximate surface area is 192 Å². The second-order valence-electron chi connectivity index (χ2n) is 8.84. The first-order chi connectivity index (χ1) is 15.6. The van der Waals surface area contributed by atoms with Gasteiger partial charge in [-0.05, 0) is 23.1 Å². The molecule has 33 heavy (non-hydrogen) atoms. The third kappa shape index (κ3) is 6.43. The van der Waals surface area contributed by atoms with Crippen molar-refractivity contribution in [1.82, 2.24) is 15.1 Å². The fraction of sp³-hybridized carbons (Fsp3) is 0.320. The predicted molar refractivity (Wildman–Crippen MR) is 123 cm³/mol. The van der Waals surface area contributed by atoms with Gasteiger partial charge in [0.05, 0.1) is 24.3 Å². The van der Waals surface area contributed by atoms with Gasteiger partial charge in [0.15, 0.2) is 5.69 Å². The summed E-state index contributed by atoms with van der Waals surface area (Å²) in [6.07, 6.45) is -0.997. The largest absolute Gasteiger partial charge is 0.481 e. The maximum Gasteiger partial charge on any atom is 0.305 e. The van der Waals surface area contributed by atoms with Crippen LogP contribution in [0.25, 0.3) is 5.69 Å². The molecule has 0 aliphatic rings. The van der Waals surface area contributed by atoms with Gasteiger partial charge in [0, 0.05) is 6.07 Å². The summed E-state index contributed by atoms with van der Waals surface area (Å²) in [7, 11) is 0. The van der Waals surface area contributed by atoms with E-state index in [1.807, 2.05) is 57.2 Å². The van der Waals surface area contributed by atoms with Crippen LogP contribution < -0.4 is 10.1 Å². The molecule has 174 valence electrons. The van der Waals surface area contributed by atoms with Gasteiger partial charge in [0.2, 0.25) is 5.88 Å². The average molecular weight is 452 g/mol. The smallest absolute Gasteiger partial charge is 0.305 e. The van der Waals surface area contributed by atoms with Crippen LogP contribution in [-0.4, -0.2) is 44.6 Å². The van der Waals surface area contributed by atoms with Crippen molar-refractivity contribution in [2.75, 3.05) is 6.61 Å². The van der Waals surface area contributed by atoms with Gasteiger partial charge in [-0.15, -0.1) is 0 Å². The van der Waals surface area contributed by atoms with Crippen molar-refractivity contribution < 1.29 is 24.5 Å². The van der Waals surface area contributed by atoms with Crippen LogP contribution in [0, 0.1) is 5.41 Å². The van der Waals surface area contributed by atoms with Crippen molar-refractivity contribution in [3.05, 3.63) is 78.0 Å². The molecule has 0 saturated carbocycles. The Balaban J connectivity index is 1.87. The normalized spacial score (nSPS) is 13.2. The van der Waals surface area contributed by atoms with Gasteiger partial charge < -0.3 is 20.3 Å². The highest BCUT2D eigenvalue weighted by Gasteiger charge is 2.25. The number of aromatic nitrogens is 2. The van der Waals surface area contributed by atoms with Crippen LogP contribution in [-0.2, 0) is 4.79 Å². The number of carbonyl (C=O) groups excluding carboxylic acids is 1. The fourth-order valence-corrected chi connectivity index (χ4v) is 3.09. The van der Waals surface area contributed by atoms with Gasteiger partial charge in [-0.2, -0.15) is 5.10 Å². The lowest BCUT2D eigenvalue weighted by molar-refractivity contribution is -0.137. The van der Waals surface area contributed by atoms with Crippen molar-refractivity contribution >= 4 is 11.9 Å². The molecule has 0 fully saturated rings. The van der Waals surface area contributed by atoms with Crippen LogP contribution in [0.15, 0.2) is 66.7 Å². The Morgan fingerprint density at radius 2 is 1.67 bits per heavy atom. The fourth-order valence-electron chi connectivity index (χ4n) is 3.09. The quantitative estimate of drug-likeness (QED) is 0.458. The molecule has 3 N–H and O–H groups in total. The van der Waals surface area contributed by atoms with Gasteiger partial charge in [0.25, 0.3) is 5.91 Å². The van der Waals surface area contributed by atoms with Crippen molar-refractivity contribution in [3.8, 4) is 11.6 Å². The monoisotopic (exact) mass is 451 g/mol. The predicted octanol–water partition coefficient (Wildman–Crippen LogP) is 3.60. The molecular formula is C25H29N3O5. The van der Waals surface area contributed by atoms with Crippen LogP contribution in [0.2, 0.25) is 0 Å². The zero-order chi connectivity index (χ0) is 24.0. The van der Waals surface area contributed by atoms with E-state index in [1.54, 1.807) is 24.3 Å². The summed E-state index contributed by atoms with van der Waals surface area (Å²) in [5.41, 5.74) is 1.06. The number of rotatable bonds is 9. The van der Waals surface area contributed by atoms with Gasteiger partial charge in [-0.1, -0.05) is 69.3 Å². The molecule has 0 saturated heterocycles. The number of carbonyl (C=O) groups is 2. The van der Waals surface area contributed by atoms with E-state index in [0.717, 1.165) is 0 Å². The van der Waals surface area contributed by atoms with Gasteiger partial charge >= 0.3 is 5.97 Å². The number of hydrogen-bond donors (Lipinski definition) is 3. The van der Waals surface area contributed by atoms with E-state index in [-0.39, 0.29) is 24.1 Å². The molecule has 2 aromatic carbocycles. The standard InChI is InChI=1S/C25H29N3O5/c1-25(2,3)21(29)16-33-22-14-20(27-28(22)18-12-8-5-9-13-18)24(32)26-19(15-23(30)31)17-10-6-4-7-11-17/h4-14,19,21,29H,15-16H2,1-3H3,(H,26,32)(H,30,31)/t19-,21+/m0/s1. The Kier molecular flexibility index (Phi) is 7.50. The Morgan fingerprint density at radius 3 is 2.24 bits per heavy atom. The van der Waals surface area contributed by atoms with E-state index in [2.05, 4.69) is 10.4 Å². The molecular weight excluding hydrogens is 422 g/mol. The lowest BCUT2D eigenvalue weighted by Crippen LogP contribution is -2.32. The van der Waals surface area contributed by atoms with Crippen LogP contribution >= 0.6 is 0 Å². The van der Waals surface area contributed by atoms with E-state index in [1.165, 1.54) is 10.7 Å². The number of ether oxygens (including phenoxy) is 1. The first-order valence-electron chi connectivity index (χ1n) is 10.7. The van der Waals surface area contributed by atoms with Gasteiger partial charge in [-0.3, -0.25) is 9.59 Å². The molecule has 0 radical (unpaired) electrons. The van der Waals surface area contributed by atoms with Gasteiger partial charge in [0.1, 0.15) is 6.61 Å². The van der Waals surface area contributed by atoms with E-state index in [0.29, 0.717) is 17.1 Å². The zero-order valence-electron chi connectivity index (χ0n) is 18.9. The minimum absolute atomic E-state index is 0.0226. The highest BCUT2D eigenvalue weighted by molar-refractivity contribution is 5.93. The molecule has 2 atom stereocenters. The summed E-state index contributed by atoms with van der Waals surface area (Å²) < 4.78 is 7.33. The maximum absolute atomic E-state index is 13.0. The molecule has 1 aromatic heterocycles. The minimum atomic E-state index is -1.03. The molecule has 0 aliphatic carbocycles. The molecule has 3 rings (SSSR count). The first kappa shape index (κ1) is 24.0. The van der Waals surface area contributed by atoms with Crippen molar-refractivity contribution in [2.24, 2.45) is 5.41 Å². The number of aliphatic hydroxyl groups excluding tert-OH is 1. The maximum atomic E-state index is 13.0. The molecule has 0 bridgehead atoms. The molecule has 1 heterocycles. The minimum Gasteiger partial charge on any atom is -0.481 e. The molecule has 8 heteroatoms. The Hall–Kier alpha value is -3.65. The molecule has 0 aliphatic heterocycles. The lowest BCUT2D eigenvalue weighted by atomic mass is 9.90. The number of aliphatic carboxylic acids is 1. The summed E-state index contributed by atoms with van der Waals surface area (Å²) >= 11 is 0. The summed E-state index contributed by atoms with van der Waals surface area (Å²) in [5.74, 6) is -1.26. The number of nitrogens with zero attached hydrogens (tertiary/aromatic N) is 2. The average Bonchev–Trinajstić information content (AvgIpc) is 3.21. The first-order valence-corrected chi connectivity index (χ1v) is 10.7. The SMILES string of the molecule is CC(C)(C)[C@H](O)COc1cc(C(=O)N[C@@H](CC(=O)O)c2ccccc2)nn1-c1ccccc1. The highest BCUT2D eigenvalue weighted by Crippen LogP contribution is 2.24. The lowest BCUT2D eigenvalue weighted by Gasteiger charge is -2.25. The Morgan fingerprint density at radius 1 is 1.06 bits per heavy atom.